The van der Waals surface area contributed by atoms with Gasteiger partial charge < -0.3 is 9.84 Å². The summed E-state index contributed by atoms with van der Waals surface area (Å²) in [7, 11) is 0. The van der Waals surface area contributed by atoms with Gasteiger partial charge in [-0.15, -0.1) is 0 Å². The summed E-state index contributed by atoms with van der Waals surface area (Å²) in [6.45, 7) is 2.29. The number of nitro benzene ring substituents is 1. The Morgan fingerprint density at radius 3 is 2.27 bits per heavy atom. The average molecular weight is 444 g/mol. The first kappa shape index (κ1) is 21.8. The maximum atomic E-state index is 13.2. The fourth-order valence-electron chi connectivity index (χ4n) is 3.90. The molecule has 1 fully saturated rings. The van der Waals surface area contributed by atoms with Crippen LogP contribution in [-0.4, -0.2) is 28.3 Å². The summed E-state index contributed by atoms with van der Waals surface area (Å²) in [4.78, 5) is 38.7. The number of aliphatic hydroxyl groups excluding tert-OH is 1. The number of ether oxygens (including phenoxy) is 1. The van der Waals surface area contributed by atoms with Crippen LogP contribution in [0.1, 0.15) is 24.1 Å². The minimum atomic E-state index is -1.19. The number of Topliss-reactive ketones (excluding diaryl/α,β-unsaturated/α-hetero) is 1. The van der Waals surface area contributed by atoms with Gasteiger partial charge in [-0.2, -0.15) is 0 Å². The van der Waals surface area contributed by atoms with Crippen LogP contribution >= 0.6 is 0 Å². The molecular weight excluding hydrogens is 424 g/mol. The van der Waals surface area contributed by atoms with E-state index in [0.717, 1.165) is 0 Å². The van der Waals surface area contributed by atoms with Crippen molar-refractivity contribution in [2.75, 3.05) is 11.5 Å². The molecule has 1 amide bonds. The van der Waals surface area contributed by atoms with Crippen molar-refractivity contribution in [1.82, 2.24) is 0 Å². The van der Waals surface area contributed by atoms with Crippen molar-refractivity contribution < 1.29 is 24.4 Å². The lowest BCUT2D eigenvalue weighted by atomic mass is 9.94. The van der Waals surface area contributed by atoms with Crippen molar-refractivity contribution in [3.8, 4) is 5.75 Å². The third-order valence-corrected chi connectivity index (χ3v) is 5.35. The predicted molar refractivity (Wildman–Crippen MR) is 122 cm³/mol. The highest BCUT2D eigenvalue weighted by atomic mass is 16.6. The van der Waals surface area contributed by atoms with Gasteiger partial charge in [0.1, 0.15) is 17.6 Å². The molecule has 3 aromatic rings. The molecule has 0 unspecified atom stereocenters. The maximum absolute atomic E-state index is 13.2. The van der Waals surface area contributed by atoms with Crippen LogP contribution in [0.15, 0.2) is 84.4 Å². The lowest BCUT2D eigenvalue weighted by Gasteiger charge is -2.25. The molecule has 1 atom stereocenters. The quantitative estimate of drug-likeness (QED) is 0.195. The monoisotopic (exact) mass is 444 g/mol. The van der Waals surface area contributed by atoms with Gasteiger partial charge in [-0.3, -0.25) is 24.6 Å². The smallest absolute Gasteiger partial charge is 0.300 e. The first-order valence-electron chi connectivity index (χ1n) is 10.3. The number of amides is 1. The van der Waals surface area contributed by atoms with Gasteiger partial charge in [-0.05, 0) is 37.3 Å². The Morgan fingerprint density at radius 1 is 1.00 bits per heavy atom. The van der Waals surface area contributed by atoms with E-state index in [1.54, 1.807) is 60.7 Å². The van der Waals surface area contributed by atoms with Crippen LogP contribution in [0.25, 0.3) is 5.76 Å². The van der Waals surface area contributed by atoms with E-state index in [-0.39, 0.29) is 16.8 Å². The number of aliphatic hydroxyl groups is 1. The number of carbonyl (C=O) groups is 2. The molecule has 166 valence electrons. The fourth-order valence-corrected chi connectivity index (χ4v) is 3.90. The number of hydrogen-bond donors (Lipinski definition) is 1. The van der Waals surface area contributed by atoms with Gasteiger partial charge in [0.25, 0.3) is 17.4 Å². The second-order valence-electron chi connectivity index (χ2n) is 7.28. The van der Waals surface area contributed by atoms with E-state index in [9.17, 15) is 24.8 Å². The third-order valence-electron chi connectivity index (χ3n) is 5.35. The van der Waals surface area contributed by atoms with Crippen molar-refractivity contribution in [1.29, 1.82) is 0 Å². The molecule has 1 heterocycles. The van der Waals surface area contributed by atoms with E-state index in [1.807, 2.05) is 6.92 Å². The zero-order valence-corrected chi connectivity index (χ0v) is 17.7. The Balaban J connectivity index is 1.95. The van der Waals surface area contributed by atoms with Crippen LogP contribution in [-0.2, 0) is 9.59 Å². The topological polar surface area (TPSA) is 110 Å². The number of rotatable bonds is 6. The Bertz CT molecular complexity index is 1250. The number of hydrogen-bond acceptors (Lipinski definition) is 6. The fraction of sp³-hybridized carbons (Fsp3) is 0.120. The van der Waals surface area contributed by atoms with Crippen molar-refractivity contribution in [2.45, 2.75) is 13.0 Å². The van der Waals surface area contributed by atoms with Gasteiger partial charge in [0.15, 0.2) is 0 Å². The molecule has 0 radical (unpaired) electrons. The first-order valence-corrected chi connectivity index (χ1v) is 10.3. The number of nitrogens with zero attached hydrogens (tertiary/aromatic N) is 2. The van der Waals surface area contributed by atoms with E-state index in [1.165, 1.54) is 23.1 Å². The second-order valence-corrected chi connectivity index (χ2v) is 7.28. The molecule has 0 bridgehead atoms. The van der Waals surface area contributed by atoms with Crippen LogP contribution in [0.3, 0.4) is 0 Å². The summed E-state index contributed by atoms with van der Waals surface area (Å²) in [6, 6.07) is 19.5. The lowest BCUT2D eigenvalue weighted by molar-refractivity contribution is -0.385. The molecule has 0 spiro atoms. The zero-order valence-electron chi connectivity index (χ0n) is 17.7. The number of para-hydroxylation sites is 1. The number of benzene rings is 3. The summed E-state index contributed by atoms with van der Waals surface area (Å²) in [5, 5.41) is 22.8. The number of carbonyl (C=O) groups excluding carboxylic acids is 2. The van der Waals surface area contributed by atoms with Crippen molar-refractivity contribution in [3.05, 3.63) is 106 Å². The van der Waals surface area contributed by atoms with Crippen molar-refractivity contribution >= 4 is 28.8 Å². The van der Waals surface area contributed by atoms with E-state index in [0.29, 0.717) is 23.6 Å². The average Bonchev–Trinajstić information content (AvgIpc) is 3.10. The van der Waals surface area contributed by atoms with Gasteiger partial charge in [0, 0.05) is 17.3 Å². The van der Waals surface area contributed by atoms with Crippen LogP contribution in [0.4, 0.5) is 11.4 Å². The Hall–Kier alpha value is -4.46. The van der Waals surface area contributed by atoms with Gasteiger partial charge in [0.2, 0.25) is 0 Å². The Morgan fingerprint density at radius 2 is 1.64 bits per heavy atom. The van der Waals surface area contributed by atoms with Crippen LogP contribution in [0, 0.1) is 10.1 Å². The summed E-state index contributed by atoms with van der Waals surface area (Å²) < 4.78 is 5.44. The summed E-state index contributed by atoms with van der Waals surface area (Å²) >= 11 is 0. The number of ketones is 1. The number of nitro groups is 1. The molecule has 0 aliphatic carbocycles. The third kappa shape index (κ3) is 3.94. The second kappa shape index (κ2) is 8.96. The maximum Gasteiger partial charge on any atom is 0.300 e. The molecule has 1 aliphatic rings. The van der Waals surface area contributed by atoms with Crippen LogP contribution < -0.4 is 9.64 Å². The molecule has 0 saturated carbocycles. The first-order chi connectivity index (χ1) is 15.9. The van der Waals surface area contributed by atoms with Crippen LogP contribution in [0.5, 0.6) is 5.75 Å². The summed E-state index contributed by atoms with van der Waals surface area (Å²) in [5.41, 5.74) is 0.309. The minimum absolute atomic E-state index is 0.119. The van der Waals surface area contributed by atoms with Crippen molar-refractivity contribution in [2.24, 2.45) is 0 Å². The molecule has 1 saturated heterocycles. The molecule has 8 heteroatoms. The molecule has 1 N–H and O–H groups in total. The molecular formula is C25H20N2O6. The molecule has 1 aliphatic heterocycles. The van der Waals surface area contributed by atoms with Crippen LogP contribution in [0.2, 0.25) is 0 Å². The van der Waals surface area contributed by atoms with Gasteiger partial charge in [-0.25, -0.2) is 0 Å². The van der Waals surface area contributed by atoms with Gasteiger partial charge >= 0.3 is 0 Å². The molecule has 8 nitrogen and oxygen atoms in total. The van der Waals surface area contributed by atoms with Gasteiger partial charge in [-0.1, -0.05) is 42.5 Å². The molecule has 4 rings (SSSR count). The van der Waals surface area contributed by atoms with Gasteiger partial charge in [0.05, 0.1) is 22.7 Å². The highest BCUT2D eigenvalue weighted by Gasteiger charge is 2.48. The standard InChI is InChI=1S/C25H20N2O6/c1-2-33-18-14-12-17(13-15-18)26-22(19-10-6-7-11-20(19)27(31)32)21(24(29)25(26)30)23(28)16-8-4-3-5-9-16/h3-15,22,28H,2H2,1H3/b23-21+/t22-/m1/s1. The zero-order chi connectivity index (χ0) is 23.5. The Labute approximate surface area is 189 Å². The lowest BCUT2D eigenvalue weighted by Crippen LogP contribution is -2.29. The molecule has 3 aromatic carbocycles. The summed E-state index contributed by atoms with van der Waals surface area (Å²) in [6.07, 6.45) is 0. The van der Waals surface area contributed by atoms with E-state index in [2.05, 4.69) is 0 Å². The Kier molecular flexibility index (Phi) is 5.91. The largest absolute Gasteiger partial charge is 0.507 e. The highest BCUT2D eigenvalue weighted by Crippen LogP contribution is 2.44. The van der Waals surface area contributed by atoms with E-state index in [4.69, 9.17) is 4.74 Å². The summed E-state index contributed by atoms with van der Waals surface area (Å²) in [5.74, 6) is -1.64. The number of anilines is 1. The molecule has 33 heavy (non-hydrogen) atoms. The van der Waals surface area contributed by atoms with E-state index < -0.39 is 28.4 Å². The van der Waals surface area contributed by atoms with Crippen molar-refractivity contribution in [3.63, 3.8) is 0 Å². The normalized spacial score (nSPS) is 17.2. The predicted octanol–water partition coefficient (Wildman–Crippen LogP) is 4.62. The highest BCUT2D eigenvalue weighted by molar-refractivity contribution is 6.51. The SMILES string of the molecule is CCOc1ccc(N2C(=O)C(=O)/C(=C(/O)c3ccccc3)[C@H]2c2ccccc2[N+](=O)[O-])cc1. The van der Waals surface area contributed by atoms with E-state index >= 15 is 0 Å². The minimum Gasteiger partial charge on any atom is -0.507 e. The molecule has 0 aromatic heterocycles.